The molecule has 0 saturated heterocycles. The number of aromatic nitrogens is 4. The minimum Gasteiger partial charge on any atom is -0.383 e. The monoisotopic (exact) mass is 412 g/mol. The summed E-state index contributed by atoms with van der Waals surface area (Å²) in [5.41, 5.74) is 17.2. The van der Waals surface area contributed by atoms with Gasteiger partial charge in [-0.15, -0.1) is 11.3 Å². The van der Waals surface area contributed by atoms with Gasteiger partial charge in [0, 0.05) is 12.1 Å². The van der Waals surface area contributed by atoms with Crippen LogP contribution in [-0.2, 0) is 6.54 Å². The van der Waals surface area contributed by atoms with Gasteiger partial charge in [-0.25, -0.2) is 15.0 Å². The normalized spacial score (nSPS) is 11.3. The minimum absolute atomic E-state index is 0.443. The maximum absolute atomic E-state index is 6.18. The van der Waals surface area contributed by atoms with Gasteiger partial charge in [-0.2, -0.15) is 0 Å². The van der Waals surface area contributed by atoms with E-state index in [4.69, 9.17) is 16.5 Å². The predicted octanol–water partition coefficient (Wildman–Crippen LogP) is 4.56. The molecule has 0 bridgehead atoms. The van der Waals surface area contributed by atoms with Gasteiger partial charge in [0.2, 0.25) is 0 Å². The first-order valence-electron chi connectivity index (χ1n) is 9.61. The lowest BCUT2D eigenvalue weighted by molar-refractivity contribution is 0.988. The van der Waals surface area contributed by atoms with Crippen LogP contribution in [0.5, 0.6) is 0 Å². The van der Waals surface area contributed by atoms with Gasteiger partial charge in [-0.05, 0) is 24.6 Å². The van der Waals surface area contributed by atoms with Gasteiger partial charge in [-0.3, -0.25) is 4.57 Å². The molecule has 0 aliphatic rings. The van der Waals surface area contributed by atoms with Crippen LogP contribution in [0.4, 0.5) is 5.82 Å². The first-order chi connectivity index (χ1) is 14.7. The first kappa shape index (κ1) is 18.5. The van der Waals surface area contributed by atoms with Crippen molar-refractivity contribution in [3.8, 4) is 27.5 Å². The van der Waals surface area contributed by atoms with Crippen molar-refractivity contribution in [1.82, 2.24) is 19.5 Å². The quantitative estimate of drug-likeness (QED) is 0.451. The van der Waals surface area contributed by atoms with Crippen LogP contribution >= 0.6 is 11.3 Å². The number of hydrogen-bond acceptors (Lipinski definition) is 6. The zero-order chi connectivity index (χ0) is 20.7. The molecule has 0 spiro atoms. The Hall–Kier alpha value is -3.55. The highest BCUT2D eigenvalue weighted by molar-refractivity contribution is 7.22. The highest BCUT2D eigenvalue weighted by Gasteiger charge is 2.20. The molecule has 0 fully saturated rings. The molecule has 0 atom stereocenters. The number of para-hydroxylation sites is 1. The summed E-state index contributed by atoms with van der Waals surface area (Å²) in [5.74, 6) is 1.16. The molecular weight excluding hydrogens is 392 g/mol. The lowest BCUT2D eigenvalue weighted by Crippen LogP contribution is -2.04. The molecule has 5 rings (SSSR count). The van der Waals surface area contributed by atoms with E-state index in [0.717, 1.165) is 43.3 Å². The largest absolute Gasteiger partial charge is 0.383 e. The number of anilines is 1. The van der Waals surface area contributed by atoms with E-state index in [1.165, 1.54) is 0 Å². The predicted molar refractivity (Wildman–Crippen MR) is 122 cm³/mol. The van der Waals surface area contributed by atoms with Crippen LogP contribution in [0.25, 0.3) is 37.7 Å². The van der Waals surface area contributed by atoms with Gasteiger partial charge in [0.15, 0.2) is 0 Å². The highest BCUT2D eigenvalue weighted by atomic mass is 32.1. The number of aryl methyl sites for hydroxylation is 1. The van der Waals surface area contributed by atoms with Crippen molar-refractivity contribution in [2.75, 3.05) is 5.73 Å². The van der Waals surface area contributed by atoms with E-state index in [-0.39, 0.29) is 0 Å². The molecule has 30 heavy (non-hydrogen) atoms. The standard InChI is InChI=1S/C23H20N6S/c1-14-27-22(25)17-11-19(30-23(17)28-14)21-20(15-7-3-2-4-8-15)26-13-29(21)18-10-6-5-9-16(18)12-24/h2-11,13H,12,24H2,1H3,(H2,25,27,28). The first-order valence-corrected chi connectivity index (χ1v) is 10.4. The molecule has 0 aliphatic carbocycles. The van der Waals surface area contributed by atoms with Crippen LogP contribution in [0, 0.1) is 6.92 Å². The number of thiophene rings is 1. The number of benzene rings is 2. The molecular formula is C23H20N6S. The van der Waals surface area contributed by atoms with Crippen LogP contribution < -0.4 is 11.5 Å². The fourth-order valence-electron chi connectivity index (χ4n) is 3.66. The molecule has 6 nitrogen and oxygen atoms in total. The number of hydrogen-bond donors (Lipinski definition) is 2. The second-order valence-corrected chi connectivity index (χ2v) is 8.03. The summed E-state index contributed by atoms with van der Waals surface area (Å²) >= 11 is 1.59. The Balaban J connectivity index is 1.81. The van der Waals surface area contributed by atoms with Gasteiger partial charge in [-0.1, -0.05) is 48.5 Å². The maximum Gasteiger partial charge on any atom is 0.135 e. The molecule has 0 amide bonds. The number of nitrogens with zero attached hydrogens (tertiary/aromatic N) is 4. The Bertz CT molecular complexity index is 1350. The summed E-state index contributed by atoms with van der Waals surface area (Å²) < 4.78 is 2.10. The maximum atomic E-state index is 6.18. The van der Waals surface area contributed by atoms with Gasteiger partial charge in [0.25, 0.3) is 0 Å². The summed E-state index contributed by atoms with van der Waals surface area (Å²) in [6, 6.07) is 20.3. The van der Waals surface area contributed by atoms with E-state index in [0.29, 0.717) is 18.2 Å². The second kappa shape index (κ2) is 7.37. The molecule has 3 heterocycles. The molecule has 148 valence electrons. The Kier molecular flexibility index (Phi) is 4.54. The van der Waals surface area contributed by atoms with Gasteiger partial charge in [0.1, 0.15) is 22.8 Å². The van der Waals surface area contributed by atoms with Gasteiger partial charge in [0.05, 0.1) is 27.3 Å². The van der Waals surface area contributed by atoms with Crippen LogP contribution in [-0.4, -0.2) is 19.5 Å². The van der Waals surface area contributed by atoms with E-state index in [1.807, 2.05) is 49.6 Å². The lowest BCUT2D eigenvalue weighted by atomic mass is 10.1. The fraction of sp³-hybridized carbons (Fsp3) is 0.0870. The molecule has 2 aromatic carbocycles. The minimum atomic E-state index is 0.443. The van der Waals surface area contributed by atoms with Crippen molar-refractivity contribution < 1.29 is 0 Å². The fourth-order valence-corrected chi connectivity index (χ4v) is 4.79. The summed E-state index contributed by atoms with van der Waals surface area (Å²) in [5, 5.41) is 0.861. The van der Waals surface area contributed by atoms with Crippen molar-refractivity contribution in [3.63, 3.8) is 0 Å². The summed E-state index contributed by atoms with van der Waals surface area (Å²) in [7, 11) is 0. The van der Waals surface area contributed by atoms with Crippen molar-refractivity contribution in [1.29, 1.82) is 0 Å². The average molecular weight is 413 g/mol. The molecule has 3 aromatic heterocycles. The Labute approximate surface area is 177 Å². The Morgan fingerprint density at radius 3 is 2.57 bits per heavy atom. The number of rotatable bonds is 4. The van der Waals surface area contributed by atoms with Crippen LogP contribution in [0.1, 0.15) is 11.4 Å². The van der Waals surface area contributed by atoms with E-state index in [2.05, 4.69) is 38.8 Å². The molecule has 4 N–H and O–H groups in total. The molecule has 0 radical (unpaired) electrons. The third-order valence-corrected chi connectivity index (χ3v) is 6.09. The second-order valence-electron chi connectivity index (χ2n) is 7.00. The molecule has 0 unspecified atom stereocenters. The summed E-state index contributed by atoms with van der Waals surface area (Å²) in [6.45, 7) is 2.30. The smallest absolute Gasteiger partial charge is 0.135 e. The van der Waals surface area contributed by atoms with Crippen LogP contribution in [0.15, 0.2) is 67.0 Å². The zero-order valence-corrected chi connectivity index (χ0v) is 17.2. The third kappa shape index (κ3) is 3.04. The molecule has 0 saturated carbocycles. The van der Waals surface area contributed by atoms with E-state index < -0.39 is 0 Å². The SMILES string of the molecule is Cc1nc(N)c2cc(-c3c(-c4ccccc4)ncn3-c3ccccc3CN)sc2n1. The molecule has 5 aromatic rings. The van der Waals surface area contributed by atoms with E-state index in [1.54, 1.807) is 11.3 Å². The number of fused-ring (bicyclic) bond motifs is 1. The van der Waals surface area contributed by atoms with E-state index in [9.17, 15) is 0 Å². The van der Waals surface area contributed by atoms with Gasteiger partial charge >= 0.3 is 0 Å². The Morgan fingerprint density at radius 2 is 1.77 bits per heavy atom. The van der Waals surface area contributed by atoms with Crippen molar-refractivity contribution in [2.45, 2.75) is 13.5 Å². The number of nitrogen functional groups attached to an aromatic ring is 1. The third-order valence-electron chi connectivity index (χ3n) is 5.05. The van der Waals surface area contributed by atoms with Gasteiger partial charge < -0.3 is 11.5 Å². The topological polar surface area (TPSA) is 95.6 Å². The summed E-state index contributed by atoms with van der Waals surface area (Å²) in [6.07, 6.45) is 1.86. The van der Waals surface area contributed by atoms with Crippen LogP contribution in [0.2, 0.25) is 0 Å². The average Bonchev–Trinajstić information content (AvgIpc) is 3.38. The van der Waals surface area contributed by atoms with Crippen molar-refractivity contribution in [3.05, 3.63) is 78.4 Å². The van der Waals surface area contributed by atoms with Crippen molar-refractivity contribution >= 4 is 27.4 Å². The number of nitrogens with two attached hydrogens (primary N) is 2. The number of imidazole rings is 1. The van der Waals surface area contributed by atoms with E-state index >= 15 is 0 Å². The Morgan fingerprint density at radius 1 is 1.00 bits per heavy atom. The lowest BCUT2D eigenvalue weighted by Gasteiger charge is -2.12. The summed E-state index contributed by atoms with van der Waals surface area (Å²) in [4.78, 5) is 15.6. The highest BCUT2D eigenvalue weighted by Crippen LogP contribution is 2.40. The molecule has 7 heteroatoms. The van der Waals surface area contributed by atoms with Crippen molar-refractivity contribution in [2.24, 2.45) is 5.73 Å². The zero-order valence-electron chi connectivity index (χ0n) is 16.4. The molecule has 0 aliphatic heterocycles. The van der Waals surface area contributed by atoms with Crippen LogP contribution in [0.3, 0.4) is 0 Å².